The van der Waals surface area contributed by atoms with Gasteiger partial charge in [-0.25, -0.2) is 14.5 Å². The van der Waals surface area contributed by atoms with Crippen LogP contribution < -0.4 is 9.44 Å². The molecule has 100 valence electrons. The molecule has 0 fully saturated rings. The quantitative estimate of drug-likeness (QED) is 0.801. The van der Waals surface area contributed by atoms with E-state index in [-0.39, 0.29) is 17.4 Å². The molecule has 0 unspecified atom stereocenters. The Morgan fingerprint density at radius 1 is 1.61 bits per heavy atom. The van der Waals surface area contributed by atoms with E-state index >= 15 is 0 Å². The number of nitrogens with one attached hydrogen (secondary N) is 2. The highest BCUT2D eigenvalue weighted by Crippen LogP contribution is 2.23. The van der Waals surface area contributed by atoms with Gasteiger partial charge in [-0.2, -0.15) is 8.42 Å². The van der Waals surface area contributed by atoms with Crippen LogP contribution in [0.2, 0.25) is 5.15 Å². The predicted octanol–water partition coefficient (Wildman–Crippen LogP) is 1.90. The Morgan fingerprint density at radius 2 is 2.28 bits per heavy atom. The van der Waals surface area contributed by atoms with E-state index in [2.05, 4.69) is 30.4 Å². The minimum atomic E-state index is -4.12. The molecule has 10 heteroatoms. The average molecular weight is 359 g/mol. The number of carbonyl (C=O) groups is 1. The minimum absolute atomic E-state index is 0.0304. The van der Waals surface area contributed by atoms with Crippen molar-refractivity contribution in [2.24, 2.45) is 0 Å². The van der Waals surface area contributed by atoms with Gasteiger partial charge >= 0.3 is 16.3 Å². The van der Waals surface area contributed by atoms with Crippen LogP contribution in [0.5, 0.6) is 0 Å². The van der Waals surface area contributed by atoms with E-state index in [1.54, 1.807) is 11.6 Å². The molecule has 2 N–H and O–H groups in total. The average Bonchev–Trinajstić information content (AvgIpc) is 2.22. The van der Waals surface area contributed by atoms with Crippen LogP contribution in [-0.4, -0.2) is 26.1 Å². The van der Waals surface area contributed by atoms with Gasteiger partial charge in [0.05, 0.1) is 12.3 Å². The van der Waals surface area contributed by atoms with E-state index in [1.807, 2.05) is 0 Å². The molecular formula is C8H9BrClN3O4S. The number of hydrogen-bond donors (Lipinski definition) is 2. The van der Waals surface area contributed by atoms with Crippen LogP contribution in [-0.2, 0) is 14.9 Å². The highest BCUT2D eigenvalue weighted by atomic mass is 79.9. The summed E-state index contributed by atoms with van der Waals surface area (Å²) in [5, 5.41) is -0.0487. The Hall–Kier alpha value is -1.06. The third-order valence-electron chi connectivity index (χ3n) is 1.54. The van der Waals surface area contributed by atoms with Crippen molar-refractivity contribution in [1.82, 2.24) is 9.71 Å². The number of rotatable bonds is 4. The van der Waals surface area contributed by atoms with Crippen LogP contribution in [0.15, 0.2) is 16.7 Å². The molecule has 0 aliphatic rings. The second-order valence-corrected chi connectivity index (χ2v) is 5.61. The van der Waals surface area contributed by atoms with Gasteiger partial charge in [0.2, 0.25) is 0 Å². The molecule has 0 spiro atoms. The van der Waals surface area contributed by atoms with Gasteiger partial charge in [-0.15, -0.1) is 0 Å². The van der Waals surface area contributed by atoms with Gasteiger partial charge in [0.25, 0.3) is 0 Å². The first-order chi connectivity index (χ1) is 8.34. The molecule has 0 radical (unpaired) electrons. The number of nitrogens with zero attached hydrogens (tertiary/aromatic N) is 1. The summed E-state index contributed by atoms with van der Waals surface area (Å²) in [5.74, 6) is 0. The molecular weight excluding hydrogens is 350 g/mol. The van der Waals surface area contributed by atoms with Crippen LogP contribution in [0, 0.1) is 0 Å². The SMILES string of the molecule is CCOC(=O)NS(=O)(=O)Nc1cc(Br)cnc1Cl. The summed E-state index contributed by atoms with van der Waals surface area (Å²) < 4.78 is 31.7. The van der Waals surface area contributed by atoms with Gasteiger partial charge in [0.1, 0.15) is 0 Å². The monoisotopic (exact) mass is 357 g/mol. The molecule has 0 atom stereocenters. The molecule has 1 aromatic heterocycles. The zero-order valence-corrected chi connectivity index (χ0v) is 12.3. The topological polar surface area (TPSA) is 97.4 Å². The fourth-order valence-corrected chi connectivity index (χ4v) is 2.25. The molecule has 1 rings (SSSR count). The summed E-state index contributed by atoms with van der Waals surface area (Å²) in [6, 6.07) is 1.40. The zero-order chi connectivity index (χ0) is 13.8. The Balaban J connectivity index is 2.82. The maximum atomic E-state index is 11.5. The second kappa shape index (κ2) is 6.21. The Morgan fingerprint density at radius 3 is 2.89 bits per heavy atom. The Bertz CT molecular complexity index is 551. The first kappa shape index (κ1) is 15.0. The van der Waals surface area contributed by atoms with Gasteiger partial charge < -0.3 is 4.74 Å². The Labute approximate surface area is 117 Å². The third kappa shape index (κ3) is 4.67. The maximum absolute atomic E-state index is 11.5. The number of carbonyl (C=O) groups excluding carboxylic acids is 1. The van der Waals surface area contributed by atoms with Crippen molar-refractivity contribution in [2.45, 2.75) is 6.92 Å². The summed E-state index contributed by atoms with van der Waals surface area (Å²) in [6.07, 6.45) is 0.322. The van der Waals surface area contributed by atoms with Gasteiger partial charge in [0, 0.05) is 10.7 Å². The zero-order valence-electron chi connectivity index (χ0n) is 9.11. The van der Waals surface area contributed by atoms with E-state index in [1.165, 1.54) is 12.3 Å². The lowest BCUT2D eigenvalue weighted by atomic mass is 10.4. The van der Waals surface area contributed by atoms with Gasteiger partial charge in [-0.1, -0.05) is 11.6 Å². The second-order valence-electron chi connectivity index (χ2n) is 2.92. The van der Waals surface area contributed by atoms with Crippen molar-refractivity contribution in [1.29, 1.82) is 0 Å². The summed E-state index contributed by atoms with van der Waals surface area (Å²) in [5.41, 5.74) is 0.0304. The standard InChI is InChI=1S/C8H9BrClN3O4S/c1-2-17-8(14)13-18(15,16)12-6-3-5(9)4-11-7(6)10/h3-4,12H,2H2,1H3,(H,13,14). The van der Waals surface area contributed by atoms with E-state index in [9.17, 15) is 13.2 Å². The van der Waals surface area contributed by atoms with Crippen LogP contribution in [0.1, 0.15) is 6.92 Å². The lowest BCUT2D eigenvalue weighted by Crippen LogP contribution is -2.35. The molecule has 0 saturated heterocycles. The molecule has 1 aromatic rings. The molecule has 0 aliphatic carbocycles. The number of halogens is 2. The van der Waals surface area contributed by atoms with Crippen molar-refractivity contribution in [3.63, 3.8) is 0 Å². The van der Waals surface area contributed by atoms with E-state index in [0.29, 0.717) is 4.47 Å². The number of ether oxygens (including phenoxy) is 1. The van der Waals surface area contributed by atoms with Crippen LogP contribution in [0.4, 0.5) is 10.5 Å². The van der Waals surface area contributed by atoms with Crippen molar-refractivity contribution in [2.75, 3.05) is 11.3 Å². The van der Waals surface area contributed by atoms with Gasteiger partial charge in [-0.05, 0) is 28.9 Å². The fourth-order valence-electron chi connectivity index (χ4n) is 0.935. The molecule has 0 saturated carbocycles. The fraction of sp³-hybridized carbons (Fsp3) is 0.250. The molecule has 7 nitrogen and oxygen atoms in total. The van der Waals surface area contributed by atoms with Crippen molar-refractivity contribution < 1.29 is 17.9 Å². The van der Waals surface area contributed by atoms with E-state index < -0.39 is 16.3 Å². The summed E-state index contributed by atoms with van der Waals surface area (Å²) in [7, 11) is -4.12. The molecule has 0 aliphatic heterocycles. The third-order valence-corrected chi connectivity index (χ3v) is 3.20. The van der Waals surface area contributed by atoms with E-state index in [0.717, 1.165) is 0 Å². The minimum Gasteiger partial charge on any atom is -0.449 e. The number of aromatic nitrogens is 1. The highest BCUT2D eigenvalue weighted by molar-refractivity contribution is 9.10. The number of anilines is 1. The smallest absolute Gasteiger partial charge is 0.422 e. The summed E-state index contributed by atoms with van der Waals surface area (Å²) in [6.45, 7) is 1.61. The summed E-state index contributed by atoms with van der Waals surface area (Å²) in [4.78, 5) is 14.7. The number of amides is 1. The Kier molecular flexibility index (Phi) is 5.17. The van der Waals surface area contributed by atoms with Crippen molar-refractivity contribution in [3.8, 4) is 0 Å². The van der Waals surface area contributed by atoms with Crippen LogP contribution in [0.25, 0.3) is 0 Å². The highest BCUT2D eigenvalue weighted by Gasteiger charge is 2.17. The van der Waals surface area contributed by atoms with Crippen molar-refractivity contribution in [3.05, 3.63) is 21.9 Å². The van der Waals surface area contributed by atoms with E-state index in [4.69, 9.17) is 11.6 Å². The lowest BCUT2D eigenvalue weighted by Gasteiger charge is -2.10. The first-order valence-corrected chi connectivity index (χ1v) is 7.28. The largest absolute Gasteiger partial charge is 0.449 e. The van der Waals surface area contributed by atoms with Crippen LogP contribution >= 0.6 is 27.5 Å². The van der Waals surface area contributed by atoms with Gasteiger partial charge in [0.15, 0.2) is 5.15 Å². The number of hydrogen-bond acceptors (Lipinski definition) is 5. The lowest BCUT2D eigenvalue weighted by molar-refractivity contribution is 0.159. The molecule has 1 amide bonds. The molecule has 18 heavy (non-hydrogen) atoms. The normalized spacial score (nSPS) is 10.8. The summed E-state index contributed by atoms with van der Waals surface area (Å²) >= 11 is 8.81. The predicted molar refractivity (Wildman–Crippen MR) is 69.6 cm³/mol. The van der Waals surface area contributed by atoms with Crippen LogP contribution in [0.3, 0.4) is 0 Å². The number of pyridine rings is 1. The molecule has 0 bridgehead atoms. The first-order valence-electron chi connectivity index (χ1n) is 4.62. The molecule has 0 aromatic carbocycles. The van der Waals surface area contributed by atoms with Crippen molar-refractivity contribution >= 4 is 49.5 Å². The molecule has 1 heterocycles. The van der Waals surface area contributed by atoms with Gasteiger partial charge in [-0.3, -0.25) is 4.72 Å². The maximum Gasteiger partial charge on any atom is 0.422 e.